The average molecular weight is 395 g/mol. The van der Waals surface area contributed by atoms with Crippen molar-refractivity contribution in [2.75, 3.05) is 4.72 Å². The van der Waals surface area contributed by atoms with Crippen LogP contribution in [0.2, 0.25) is 5.02 Å². The van der Waals surface area contributed by atoms with Crippen LogP contribution < -0.4 is 10.0 Å². The van der Waals surface area contributed by atoms with Gasteiger partial charge < -0.3 is 5.32 Å². The third-order valence-electron chi connectivity index (χ3n) is 4.15. The molecule has 7 heteroatoms. The number of hydrogen-bond donors (Lipinski definition) is 2. The first-order valence-electron chi connectivity index (χ1n) is 8.30. The van der Waals surface area contributed by atoms with Crippen molar-refractivity contribution in [1.82, 2.24) is 5.32 Å². The van der Waals surface area contributed by atoms with Crippen molar-refractivity contribution in [2.45, 2.75) is 38.6 Å². The van der Waals surface area contributed by atoms with Crippen molar-refractivity contribution < 1.29 is 13.2 Å². The second-order valence-corrected chi connectivity index (χ2v) is 8.71. The third kappa shape index (κ3) is 4.99. The van der Waals surface area contributed by atoms with E-state index in [4.69, 9.17) is 11.6 Å². The predicted octanol–water partition coefficient (Wildman–Crippen LogP) is 4.22. The molecule has 2 aromatic rings. The molecule has 0 saturated heterocycles. The summed E-state index contributed by atoms with van der Waals surface area (Å²) in [5.74, 6) is -0.0754. The van der Waals surface area contributed by atoms with Gasteiger partial charge in [0.1, 0.15) is 0 Å². The van der Waals surface area contributed by atoms with Gasteiger partial charge in [0.05, 0.1) is 15.5 Å². The molecule has 2 rings (SSSR count). The molecule has 5 nitrogen and oxygen atoms in total. The van der Waals surface area contributed by atoms with Crippen LogP contribution in [0.1, 0.15) is 36.7 Å². The Hall–Kier alpha value is -2.05. The number of sulfonamides is 1. The lowest BCUT2D eigenvalue weighted by Gasteiger charge is -2.18. The molecule has 0 radical (unpaired) electrons. The Labute approximate surface area is 159 Å². The summed E-state index contributed by atoms with van der Waals surface area (Å²) >= 11 is 6.12. The largest absolute Gasteiger partial charge is 0.349 e. The summed E-state index contributed by atoms with van der Waals surface area (Å²) < 4.78 is 27.5. The molecule has 1 atom stereocenters. The molecule has 1 amide bonds. The van der Waals surface area contributed by atoms with Crippen molar-refractivity contribution in [1.29, 1.82) is 0 Å². The summed E-state index contributed by atoms with van der Waals surface area (Å²) in [6.45, 7) is 7.78. The first-order chi connectivity index (χ1) is 12.1. The zero-order valence-corrected chi connectivity index (χ0v) is 16.8. The Kier molecular flexibility index (Phi) is 6.31. The number of hydrogen-bond acceptors (Lipinski definition) is 3. The van der Waals surface area contributed by atoms with Gasteiger partial charge in [-0.3, -0.25) is 9.52 Å². The molecule has 0 aliphatic carbocycles. The van der Waals surface area contributed by atoms with Crippen LogP contribution in [0.3, 0.4) is 0 Å². The molecule has 0 aliphatic heterocycles. The first-order valence-corrected chi connectivity index (χ1v) is 10.2. The van der Waals surface area contributed by atoms with Crippen LogP contribution in [0.15, 0.2) is 47.4 Å². The summed E-state index contributed by atoms with van der Waals surface area (Å²) in [7, 11) is -3.75. The highest BCUT2D eigenvalue weighted by Gasteiger charge is 2.18. The normalized spacial score (nSPS) is 12.7. The maximum Gasteiger partial charge on any atom is 0.261 e. The Balaban J connectivity index is 2.26. The highest BCUT2D eigenvalue weighted by Crippen LogP contribution is 2.23. The van der Waals surface area contributed by atoms with E-state index in [-0.39, 0.29) is 39.0 Å². The molecule has 0 fully saturated rings. The van der Waals surface area contributed by atoms with Crippen LogP contribution in [0.4, 0.5) is 5.69 Å². The predicted molar refractivity (Wildman–Crippen MR) is 105 cm³/mol. The summed E-state index contributed by atoms with van der Waals surface area (Å²) in [6.07, 6.45) is 0. The molecule has 26 heavy (non-hydrogen) atoms. The Morgan fingerprint density at radius 2 is 1.65 bits per heavy atom. The molecule has 0 spiro atoms. The molecule has 0 heterocycles. The average Bonchev–Trinajstić information content (AvgIpc) is 2.56. The van der Waals surface area contributed by atoms with Crippen LogP contribution in [0.5, 0.6) is 0 Å². The minimum Gasteiger partial charge on any atom is -0.349 e. The van der Waals surface area contributed by atoms with E-state index in [9.17, 15) is 13.2 Å². The minimum absolute atomic E-state index is 0.0357. The number of carbonyl (C=O) groups excluding carboxylic acids is 1. The third-order valence-corrected chi connectivity index (χ3v) is 5.88. The number of amides is 1. The minimum atomic E-state index is -3.75. The Morgan fingerprint density at radius 1 is 1.04 bits per heavy atom. The van der Waals surface area contributed by atoms with Crippen molar-refractivity contribution in [3.8, 4) is 0 Å². The molecular formula is C19H23ClN2O3S. The molecule has 2 N–H and O–H groups in total. The number of anilines is 1. The number of nitrogens with one attached hydrogen (secondary N) is 2. The van der Waals surface area contributed by atoms with Gasteiger partial charge in [0.15, 0.2) is 0 Å². The lowest BCUT2D eigenvalue weighted by molar-refractivity contribution is 0.0930. The van der Waals surface area contributed by atoms with Gasteiger partial charge in [-0.15, -0.1) is 0 Å². The zero-order chi connectivity index (χ0) is 19.5. The summed E-state index contributed by atoms with van der Waals surface area (Å²) in [5, 5.41) is 3.12. The maximum absolute atomic E-state index is 12.5. The topological polar surface area (TPSA) is 75.3 Å². The van der Waals surface area contributed by atoms with Crippen molar-refractivity contribution in [3.05, 3.63) is 58.6 Å². The van der Waals surface area contributed by atoms with Gasteiger partial charge in [0.2, 0.25) is 0 Å². The van der Waals surface area contributed by atoms with Gasteiger partial charge in [-0.25, -0.2) is 8.42 Å². The molecule has 0 aromatic heterocycles. The molecule has 140 valence electrons. The molecule has 2 aromatic carbocycles. The second kappa shape index (κ2) is 8.10. The number of carbonyl (C=O) groups is 1. The summed E-state index contributed by atoms with van der Waals surface area (Å²) in [5.41, 5.74) is 1.47. The van der Waals surface area contributed by atoms with Crippen molar-refractivity contribution >= 4 is 33.2 Å². The number of rotatable bonds is 6. The first kappa shape index (κ1) is 20.3. The summed E-state index contributed by atoms with van der Waals surface area (Å²) in [6, 6.07) is 10.9. The lowest BCUT2D eigenvalue weighted by Crippen LogP contribution is -2.36. The van der Waals surface area contributed by atoms with E-state index >= 15 is 0 Å². The molecule has 0 aliphatic rings. The zero-order valence-electron chi connectivity index (χ0n) is 15.2. The van der Waals surface area contributed by atoms with E-state index in [2.05, 4.69) is 10.0 Å². The van der Waals surface area contributed by atoms with E-state index < -0.39 is 10.0 Å². The Morgan fingerprint density at radius 3 is 2.23 bits per heavy atom. The van der Waals surface area contributed by atoms with Gasteiger partial charge in [-0.1, -0.05) is 43.1 Å². The monoisotopic (exact) mass is 394 g/mol. The van der Waals surface area contributed by atoms with Crippen molar-refractivity contribution in [2.24, 2.45) is 5.92 Å². The van der Waals surface area contributed by atoms with Crippen LogP contribution in [-0.4, -0.2) is 20.4 Å². The van der Waals surface area contributed by atoms with E-state index in [1.54, 1.807) is 12.1 Å². The number of benzene rings is 2. The quantitative estimate of drug-likeness (QED) is 0.770. The van der Waals surface area contributed by atoms with E-state index in [1.807, 2.05) is 27.7 Å². The SMILES string of the molecule is Cc1ccc(S(=O)(=O)Nc2ccc(Cl)c(C(=O)N[C@H](C)C(C)C)c2)cc1. The summed E-state index contributed by atoms with van der Waals surface area (Å²) in [4.78, 5) is 12.6. The maximum atomic E-state index is 12.5. The van der Waals surface area contributed by atoms with E-state index in [0.717, 1.165) is 5.56 Å². The fourth-order valence-corrected chi connectivity index (χ4v) is 3.40. The van der Waals surface area contributed by atoms with Gasteiger partial charge >= 0.3 is 0 Å². The van der Waals surface area contributed by atoms with Gasteiger partial charge in [0.25, 0.3) is 15.9 Å². The lowest BCUT2D eigenvalue weighted by atomic mass is 10.1. The van der Waals surface area contributed by atoms with Gasteiger partial charge in [-0.2, -0.15) is 0 Å². The molecular weight excluding hydrogens is 372 g/mol. The smallest absolute Gasteiger partial charge is 0.261 e. The molecule has 0 bridgehead atoms. The number of halogens is 1. The van der Waals surface area contributed by atoms with Crippen LogP contribution in [-0.2, 0) is 10.0 Å². The van der Waals surface area contributed by atoms with Crippen molar-refractivity contribution in [3.63, 3.8) is 0 Å². The Bertz CT molecular complexity index is 894. The fourth-order valence-electron chi connectivity index (χ4n) is 2.15. The van der Waals surface area contributed by atoms with Gasteiger partial charge in [-0.05, 0) is 50.1 Å². The molecule has 0 unspecified atom stereocenters. The van der Waals surface area contributed by atoms with Crippen LogP contribution in [0.25, 0.3) is 0 Å². The standard InChI is InChI=1S/C19H23ClN2O3S/c1-12(2)14(4)21-19(23)17-11-15(7-10-18(17)20)22-26(24,25)16-8-5-13(3)6-9-16/h5-12,14,22H,1-4H3,(H,21,23)/t14-/m1/s1. The fraction of sp³-hybridized carbons (Fsp3) is 0.316. The van der Waals surface area contributed by atoms with E-state index in [0.29, 0.717) is 0 Å². The highest BCUT2D eigenvalue weighted by molar-refractivity contribution is 7.92. The van der Waals surface area contributed by atoms with Crippen LogP contribution >= 0.6 is 11.6 Å². The second-order valence-electron chi connectivity index (χ2n) is 6.62. The van der Waals surface area contributed by atoms with Crippen LogP contribution in [0, 0.1) is 12.8 Å². The number of aryl methyl sites for hydroxylation is 1. The highest BCUT2D eigenvalue weighted by atomic mass is 35.5. The van der Waals surface area contributed by atoms with Gasteiger partial charge in [0, 0.05) is 11.7 Å². The molecule has 0 saturated carbocycles. The van der Waals surface area contributed by atoms with E-state index in [1.165, 1.54) is 30.3 Å².